The van der Waals surface area contributed by atoms with Gasteiger partial charge in [0.25, 0.3) is 0 Å². The van der Waals surface area contributed by atoms with Gasteiger partial charge in [0.2, 0.25) is 11.8 Å². The topological polar surface area (TPSA) is 80.9 Å². The maximum atomic E-state index is 12.0. The number of nitrogens with zero attached hydrogens (tertiary/aromatic N) is 3. The lowest BCUT2D eigenvalue weighted by molar-refractivity contribution is -0.120. The molecule has 3 heterocycles. The van der Waals surface area contributed by atoms with Crippen LogP contribution in [0, 0.1) is 6.92 Å². The van der Waals surface area contributed by atoms with Crippen LogP contribution in [-0.2, 0) is 17.6 Å². The van der Waals surface area contributed by atoms with Crippen molar-refractivity contribution >= 4 is 44.5 Å². The van der Waals surface area contributed by atoms with Crippen LogP contribution in [0.2, 0.25) is 0 Å². The smallest absolute Gasteiger partial charge is 0.226 e. The third-order valence-electron chi connectivity index (χ3n) is 3.13. The predicted octanol–water partition coefficient (Wildman–Crippen LogP) is 3.62. The van der Waals surface area contributed by atoms with Crippen molar-refractivity contribution in [2.45, 2.75) is 26.2 Å². The molecule has 1 amide bonds. The normalized spacial score (nSPS) is 10.9. The van der Waals surface area contributed by atoms with Crippen molar-refractivity contribution in [3.05, 3.63) is 38.7 Å². The Kier molecular flexibility index (Phi) is 5.75. The predicted molar refractivity (Wildman–Crippen MR) is 97.2 cm³/mol. The molecule has 0 radical (unpaired) electrons. The monoisotopic (exact) mass is 426 g/mol. The molecule has 0 atom stereocenters. The quantitative estimate of drug-likeness (QED) is 0.583. The summed E-state index contributed by atoms with van der Waals surface area (Å²) in [6, 6.07) is 2.03. The minimum atomic E-state index is -0.0269. The van der Waals surface area contributed by atoms with Gasteiger partial charge in [-0.1, -0.05) is 5.16 Å². The molecule has 0 aromatic carbocycles. The Labute approximate surface area is 155 Å². The molecule has 0 aliphatic rings. The van der Waals surface area contributed by atoms with Crippen LogP contribution in [0.3, 0.4) is 0 Å². The molecule has 1 N–H and O–H groups in total. The molecule has 6 nitrogen and oxygen atoms in total. The van der Waals surface area contributed by atoms with Crippen molar-refractivity contribution in [1.29, 1.82) is 0 Å². The zero-order chi connectivity index (χ0) is 16.9. The average Bonchev–Trinajstić information content (AvgIpc) is 3.26. The Balaban J connectivity index is 1.42. The van der Waals surface area contributed by atoms with Gasteiger partial charge in [0.15, 0.2) is 5.82 Å². The molecule has 0 saturated heterocycles. The van der Waals surface area contributed by atoms with Crippen LogP contribution < -0.4 is 5.32 Å². The lowest BCUT2D eigenvalue weighted by Crippen LogP contribution is -2.26. The molecule has 24 heavy (non-hydrogen) atoms. The third-order valence-corrected chi connectivity index (χ3v) is 5.88. The fourth-order valence-corrected chi connectivity index (χ4v) is 4.39. The van der Waals surface area contributed by atoms with Crippen molar-refractivity contribution in [2.75, 3.05) is 6.54 Å². The van der Waals surface area contributed by atoms with Crippen LogP contribution in [0.25, 0.3) is 9.88 Å². The zero-order valence-corrected chi connectivity index (χ0v) is 16.1. The van der Waals surface area contributed by atoms with Crippen molar-refractivity contribution in [1.82, 2.24) is 20.4 Å². The summed E-state index contributed by atoms with van der Waals surface area (Å²) >= 11 is 6.63. The second-order valence-corrected chi connectivity index (χ2v) is 7.82. The van der Waals surface area contributed by atoms with Crippen molar-refractivity contribution in [3.8, 4) is 9.88 Å². The first-order valence-corrected chi connectivity index (χ1v) is 9.90. The number of aryl methyl sites for hydroxylation is 2. The minimum absolute atomic E-state index is 0.0269. The minimum Gasteiger partial charge on any atom is -0.356 e. The Bertz CT molecular complexity index is 827. The fraction of sp³-hybridized carbons (Fsp3) is 0.333. The number of hydrogen-bond donors (Lipinski definition) is 1. The molecule has 0 fully saturated rings. The molecule has 0 unspecified atom stereocenters. The maximum Gasteiger partial charge on any atom is 0.226 e. The van der Waals surface area contributed by atoms with E-state index in [-0.39, 0.29) is 5.91 Å². The number of thiophene rings is 1. The second-order valence-electron chi connectivity index (χ2n) is 5.14. The summed E-state index contributed by atoms with van der Waals surface area (Å²) in [4.78, 5) is 21.7. The van der Waals surface area contributed by atoms with Gasteiger partial charge in [0, 0.05) is 28.2 Å². The van der Waals surface area contributed by atoms with E-state index in [9.17, 15) is 4.79 Å². The van der Waals surface area contributed by atoms with E-state index in [1.165, 1.54) is 0 Å². The van der Waals surface area contributed by atoms with Crippen molar-refractivity contribution < 1.29 is 9.32 Å². The number of halogens is 1. The van der Waals surface area contributed by atoms with E-state index in [1.807, 2.05) is 16.8 Å². The van der Waals surface area contributed by atoms with Gasteiger partial charge in [-0.05, 0) is 35.3 Å². The highest BCUT2D eigenvalue weighted by Gasteiger charge is 2.10. The molecule has 0 aliphatic carbocycles. The molecule has 0 spiro atoms. The molecule has 3 aromatic rings. The molecule has 3 rings (SSSR count). The highest BCUT2D eigenvalue weighted by atomic mass is 79.9. The average molecular weight is 427 g/mol. The van der Waals surface area contributed by atoms with Gasteiger partial charge in [-0.3, -0.25) is 4.79 Å². The van der Waals surface area contributed by atoms with Crippen LogP contribution in [0.5, 0.6) is 0 Å². The number of rotatable bonds is 7. The van der Waals surface area contributed by atoms with E-state index in [1.54, 1.807) is 29.6 Å². The lowest BCUT2D eigenvalue weighted by atomic mass is 10.3. The molecule has 0 bridgehead atoms. The van der Waals surface area contributed by atoms with Crippen molar-refractivity contribution in [2.24, 2.45) is 0 Å². The summed E-state index contributed by atoms with van der Waals surface area (Å²) < 4.78 is 6.08. The van der Waals surface area contributed by atoms with E-state index < -0.39 is 0 Å². The van der Waals surface area contributed by atoms with Gasteiger partial charge in [-0.25, -0.2) is 4.98 Å². The molecule has 0 aliphatic heterocycles. The fourth-order valence-electron chi connectivity index (χ4n) is 2.06. The van der Waals surface area contributed by atoms with Gasteiger partial charge in [0.05, 0.1) is 17.0 Å². The summed E-state index contributed by atoms with van der Waals surface area (Å²) in [7, 11) is 0. The number of carbonyl (C=O) groups excluding carboxylic acids is 1. The van der Waals surface area contributed by atoms with E-state index >= 15 is 0 Å². The number of nitrogens with one attached hydrogen (secondary N) is 1. The summed E-state index contributed by atoms with van der Waals surface area (Å²) in [5.74, 6) is 1.21. The molecule has 3 aromatic heterocycles. The van der Waals surface area contributed by atoms with Crippen LogP contribution in [-0.4, -0.2) is 27.6 Å². The van der Waals surface area contributed by atoms with E-state index in [4.69, 9.17) is 4.52 Å². The molecule has 9 heteroatoms. The highest BCUT2D eigenvalue weighted by Crippen LogP contribution is 2.32. The van der Waals surface area contributed by atoms with Gasteiger partial charge < -0.3 is 9.84 Å². The number of aromatic nitrogens is 3. The number of hydrogen-bond acceptors (Lipinski definition) is 7. The van der Waals surface area contributed by atoms with Crippen LogP contribution in [0.1, 0.15) is 23.8 Å². The number of carbonyl (C=O) groups is 1. The van der Waals surface area contributed by atoms with E-state index in [0.717, 1.165) is 26.5 Å². The Morgan fingerprint density at radius 3 is 2.92 bits per heavy atom. The summed E-state index contributed by atoms with van der Waals surface area (Å²) in [5, 5.41) is 11.5. The number of amides is 1. The Morgan fingerprint density at radius 2 is 2.21 bits per heavy atom. The Morgan fingerprint density at radius 1 is 1.33 bits per heavy atom. The zero-order valence-electron chi connectivity index (χ0n) is 12.9. The lowest BCUT2D eigenvalue weighted by Gasteiger charge is -2.02. The Hall–Kier alpha value is -1.58. The van der Waals surface area contributed by atoms with E-state index in [2.05, 4.69) is 36.4 Å². The van der Waals surface area contributed by atoms with Crippen molar-refractivity contribution in [3.63, 3.8) is 0 Å². The molecular weight excluding hydrogens is 412 g/mol. The standard InChI is InChI=1S/C15H15BrN4O2S2/c1-9-18-14(22-20-9)3-2-4-17-13(21)6-11-8-24-15(19-11)12-5-10(16)7-23-12/h5,7-8H,2-4,6H2,1H3,(H,17,21). The van der Waals surface area contributed by atoms with Crippen LogP contribution in [0.4, 0.5) is 0 Å². The van der Waals surface area contributed by atoms with Gasteiger partial charge in [0.1, 0.15) is 5.01 Å². The third kappa shape index (κ3) is 4.71. The maximum absolute atomic E-state index is 12.0. The largest absolute Gasteiger partial charge is 0.356 e. The summed E-state index contributed by atoms with van der Waals surface area (Å²) in [5.41, 5.74) is 0.796. The first kappa shape index (κ1) is 17.2. The summed E-state index contributed by atoms with van der Waals surface area (Å²) in [6.45, 7) is 2.36. The summed E-state index contributed by atoms with van der Waals surface area (Å²) in [6.07, 6.45) is 1.72. The first-order chi connectivity index (χ1) is 11.6. The second kappa shape index (κ2) is 8.00. The molecule has 126 valence electrons. The van der Waals surface area contributed by atoms with Gasteiger partial charge in [-0.2, -0.15) is 4.98 Å². The molecule has 0 saturated carbocycles. The number of thiazole rings is 1. The first-order valence-electron chi connectivity index (χ1n) is 7.35. The van der Waals surface area contributed by atoms with E-state index in [0.29, 0.717) is 31.1 Å². The van der Waals surface area contributed by atoms with Gasteiger partial charge >= 0.3 is 0 Å². The SMILES string of the molecule is Cc1noc(CCCNC(=O)Cc2csc(-c3cc(Br)cs3)n2)n1. The van der Waals surface area contributed by atoms with Gasteiger partial charge in [-0.15, -0.1) is 22.7 Å². The highest BCUT2D eigenvalue weighted by molar-refractivity contribution is 9.10. The molecular formula is C15H15BrN4O2S2. The van der Waals surface area contributed by atoms with Crippen LogP contribution in [0.15, 0.2) is 25.8 Å². The van der Waals surface area contributed by atoms with Crippen LogP contribution >= 0.6 is 38.6 Å².